The van der Waals surface area contributed by atoms with Crippen molar-refractivity contribution in [3.8, 4) is 17.1 Å². The zero-order chi connectivity index (χ0) is 20.9. The lowest BCUT2D eigenvalue weighted by atomic mass is 10.1. The molecule has 8 heteroatoms. The molecule has 0 unspecified atom stereocenters. The topological polar surface area (TPSA) is 85.3 Å². The van der Waals surface area contributed by atoms with Gasteiger partial charge in [0.1, 0.15) is 22.7 Å². The van der Waals surface area contributed by atoms with E-state index in [1.165, 1.54) is 10.7 Å². The first-order valence-electron chi connectivity index (χ1n) is 10.5. The van der Waals surface area contributed by atoms with Gasteiger partial charge in [0.2, 0.25) is 0 Å². The molecular weight excluding hydrogens is 382 g/mol. The molecule has 1 saturated heterocycles. The average molecular weight is 409 g/mol. The van der Waals surface area contributed by atoms with Crippen molar-refractivity contribution < 1.29 is 9.47 Å². The Hall–Kier alpha value is -2.71. The minimum Gasteiger partial charge on any atom is -0.486 e. The number of hydrogen-bond donors (Lipinski definition) is 1. The molecule has 1 N–H and O–H groups in total. The molecule has 0 radical (unpaired) electrons. The summed E-state index contributed by atoms with van der Waals surface area (Å²) in [7, 11) is 1.64. The molecule has 3 aromatic rings. The van der Waals surface area contributed by atoms with E-state index in [1.807, 2.05) is 18.2 Å². The largest absolute Gasteiger partial charge is 0.486 e. The number of H-pyrrole nitrogens is 1. The molecule has 158 valence electrons. The van der Waals surface area contributed by atoms with Crippen LogP contribution in [0.1, 0.15) is 26.7 Å². The van der Waals surface area contributed by atoms with Crippen LogP contribution in [0.4, 0.5) is 0 Å². The molecule has 2 atom stereocenters. The lowest BCUT2D eigenvalue weighted by Crippen LogP contribution is -2.49. The van der Waals surface area contributed by atoms with Gasteiger partial charge in [0.25, 0.3) is 5.56 Å². The number of fused-ring (bicyclic) bond motifs is 1. The Bertz CT molecular complexity index is 1120. The minimum absolute atomic E-state index is 0.122. The third-order valence-electron chi connectivity index (χ3n) is 5.89. The maximum absolute atomic E-state index is 11.7. The normalized spacial score (nSPS) is 23.6. The summed E-state index contributed by atoms with van der Waals surface area (Å²) in [5.41, 5.74) is 2.01. The molecule has 2 aromatic heterocycles. The minimum atomic E-state index is -0.148. The molecule has 1 aromatic carbocycles. The summed E-state index contributed by atoms with van der Waals surface area (Å²) in [6, 6.07) is 9.20. The van der Waals surface area contributed by atoms with Gasteiger partial charge in [-0.1, -0.05) is 0 Å². The van der Waals surface area contributed by atoms with Gasteiger partial charge in [0, 0.05) is 38.1 Å². The van der Waals surface area contributed by atoms with Crippen molar-refractivity contribution in [2.75, 3.05) is 19.6 Å². The summed E-state index contributed by atoms with van der Waals surface area (Å²) in [4.78, 5) is 14.1. The summed E-state index contributed by atoms with van der Waals surface area (Å²) in [6.45, 7) is 7.07. The van der Waals surface area contributed by atoms with Gasteiger partial charge in [0.05, 0.1) is 17.7 Å². The van der Waals surface area contributed by atoms with Crippen LogP contribution in [0.2, 0.25) is 0 Å². The molecule has 5 rings (SSSR count). The van der Waals surface area contributed by atoms with Gasteiger partial charge in [-0.05, 0) is 51.0 Å². The second-order valence-corrected chi connectivity index (χ2v) is 8.70. The monoisotopic (exact) mass is 409 g/mol. The van der Waals surface area contributed by atoms with Crippen molar-refractivity contribution in [2.24, 2.45) is 7.05 Å². The predicted octanol–water partition coefficient (Wildman–Crippen LogP) is 2.34. The summed E-state index contributed by atoms with van der Waals surface area (Å²) in [6.07, 6.45) is 2.63. The highest BCUT2D eigenvalue weighted by molar-refractivity contribution is 5.92. The average Bonchev–Trinajstić information content (AvgIpc) is 3.30. The number of hydrogen-bond acceptors (Lipinski definition) is 6. The van der Waals surface area contributed by atoms with Crippen LogP contribution in [0.15, 0.2) is 35.1 Å². The lowest BCUT2D eigenvalue weighted by Gasteiger charge is -2.37. The van der Waals surface area contributed by atoms with E-state index in [4.69, 9.17) is 9.47 Å². The van der Waals surface area contributed by atoms with Crippen LogP contribution in [0, 0.1) is 0 Å². The first-order chi connectivity index (χ1) is 14.4. The molecule has 2 aliphatic rings. The molecule has 1 aliphatic heterocycles. The summed E-state index contributed by atoms with van der Waals surface area (Å²) >= 11 is 0. The first-order valence-corrected chi connectivity index (χ1v) is 10.5. The Morgan fingerprint density at radius 2 is 1.97 bits per heavy atom. The van der Waals surface area contributed by atoms with Crippen molar-refractivity contribution in [2.45, 2.75) is 44.5 Å². The van der Waals surface area contributed by atoms with Crippen molar-refractivity contribution >= 4 is 10.9 Å². The first kappa shape index (κ1) is 19.3. The zero-order valence-corrected chi connectivity index (χ0v) is 17.6. The standard InChI is InChI=1S/C22H27N5O3/c1-14-11-27(12-15(2)29-14)13-22(8-9-22)30-16-4-5-18-17(10-16)21(24-23-18)19-6-7-20(28)26(3)25-19/h4-7,10,14-15H,8-9,11-13H2,1-3H3,(H,23,24)/t14-,15+. The molecule has 30 heavy (non-hydrogen) atoms. The second kappa shape index (κ2) is 7.21. The zero-order valence-electron chi connectivity index (χ0n) is 17.6. The highest BCUT2D eigenvalue weighted by Gasteiger charge is 2.47. The molecule has 2 fully saturated rings. The molecule has 1 saturated carbocycles. The Morgan fingerprint density at radius 1 is 1.20 bits per heavy atom. The van der Waals surface area contributed by atoms with Crippen molar-refractivity contribution in [3.63, 3.8) is 0 Å². The highest BCUT2D eigenvalue weighted by Crippen LogP contribution is 2.42. The van der Waals surface area contributed by atoms with E-state index in [9.17, 15) is 4.79 Å². The van der Waals surface area contributed by atoms with E-state index in [0.29, 0.717) is 11.4 Å². The maximum atomic E-state index is 11.7. The number of aromatic nitrogens is 4. The van der Waals surface area contributed by atoms with E-state index >= 15 is 0 Å². The maximum Gasteiger partial charge on any atom is 0.266 e. The Morgan fingerprint density at radius 3 is 2.67 bits per heavy atom. The Kier molecular flexibility index (Phi) is 4.63. The number of benzene rings is 1. The molecule has 3 heterocycles. The summed E-state index contributed by atoms with van der Waals surface area (Å²) in [5, 5.41) is 12.7. The third-order valence-corrected chi connectivity index (χ3v) is 5.89. The van der Waals surface area contributed by atoms with E-state index < -0.39 is 0 Å². The number of ether oxygens (including phenoxy) is 2. The molecule has 1 aliphatic carbocycles. The molecule has 0 amide bonds. The Labute approximate surface area is 174 Å². The third kappa shape index (κ3) is 3.73. The van der Waals surface area contributed by atoms with Crippen molar-refractivity contribution in [1.82, 2.24) is 24.9 Å². The number of nitrogens with zero attached hydrogens (tertiary/aromatic N) is 4. The van der Waals surface area contributed by atoms with Crippen LogP contribution in [0.5, 0.6) is 5.75 Å². The fraction of sp³-hybridized carbons (Fsp3) is 0.500. The number of nitrogens with one attached hydrogen (secondary N) is 1. The van der Waals surface area contributed by atoms with Gasteiger partial charge in [-0.15, -0.1) is 0 Å². The van der Waals surface area contributed by atoms with Gasteiger partial charge in [-0.3, -0.25) is 14.8 Å². The number of rotatable bonds is 5. The molecule has 0 spiro atoms. The fourth-order valence-electron chi connectivity index (χ4n) is 4.38. The predicted molar refractivity (Wildman–Crippen MR) is 114 cm³/mol. The Balaban J connectivity index is 1.39. The molecule has 8 nitrogen and oxygen atoms in total. The smallest absolute Gasteiger partial charge is 0.266 e. The van der Waals surface area contributed by atoms with Gasteiger partial charge < -0.3 is 9.47 Å². The lowest BCUT2D eigenvalue weighted by molar-refractivity contribution is -0.0768. The molecule has 0 bridgehead atoms. The van der Waals surface area contributed by atoms with Gasteiger partial charge in [-0.25, -0.2) is 4.68 Å². The van der Waals surface area contributed by atoms with Crippen LogP contribution in [0.3, 0.4) is 0 Å². The van der Waals surface area contributed by atoms with Crippen LogP contribution < -0.4 is 10.3 Å². The number of morpholine rings is 1. The van der Waals surface area contributed by atoms with Gasteiger partial charge in [-0.2, -0.15) is 10.2 Å². The van der Waals surface area contributed by atoms with E-state index in [2.05, 4.69) is 34.0 Å². The highest BCUT2D eigenvalue weighted by atomic mass is 16.5. The van der Waals surface area contributed by atoms with Crippen molar-refractivity contribution in [3.05, 3.63) is 40.7 Å². The van der Waals surface area contributed by atoms with Crippen molar-refractivity contribution in [1.29, 1.82) is 0 Å². The van der Waals surface area contributed by atoms with Gasteiger partial charge in [0.15, 0.2) is 0 Å². The van der Waals surface area contributed by atoms with Crippen LogP contribution in [-0.4, -0.2) is 62.3 Å². The fourth-order valence-corrected chi connectivity index (χ4v) is 4.38. The summed E-state index contributed by atoms with van der Waals surface area (Å²) < 4.78 is 13.7. The van der Waals surface area contributed by atoms with Crippen LogP contribution in [0.25, 0.3) is 22.3 Å². The van der Waals surface area contributed by atoms with Gasteiger partial charge >= 0.3 is 0 Å². The van der Waals surface area contributed by atoms with E-state index in [-0.39, 0.29) is 23.4 Å². The SMILES string of the molecule is C[C@@H]1CN(CC2(Oc3ccc4[nH]nc(-c5ccc(=O)n(C)n5)c4c3)CC2)C[C@H](C)O1. The van der Waals surface area contributed by atoms with E-state index in [1.54, 1.807) is 13.1 Å². The quantitative estimate of drug-likeness (QED) is 0.696. The number of aryl methyl sites for hydroxylation is 1. The second-order valence-electron chi connectivity index (χ2n) is 8.70. The van der Waals surface area contributed by atoms with Crippen LogP contribution in [-0.2, 0) is 11.8 Å². The van der Waals surface area contributed by atoms with Crippen LogP contribution >= 0.6 is 0 Å². The molecular formula is C22H27N5O3. The number of aromatic amines is 1. The summed E-state index contributed by atoms with van der Waals surface area (Å²) in [5.74, 6) is 0.835. The van der Waals surface area contributed by atoms with E-state index in [0.717, 1.165) is 49.1 Å².